The molecule has 0 radical (unpaired) electrons. The summed E-state index contributed by atoms with van der Waals surface area (Å²) in [6.45, 7) is 3.70. The molecule has 0 aliphatic rings. The number of aromatic hydroxyl groups is 1. The average molecular weight is 757 g/mol. The number of hydrogen-bond acceptors (Lipinski definition) is 12. The number of phenolic OH excluding ortho intramolecular Hbond substituents is 1. The Morgan fingerprint density at radius 3 is 2.04 bits per heavy atom. The number of fused-ring (bicyclic) bond motifs is 1. The Morgan fingerprint density at radius 2 is 1.35 bits per heavy atom. The molecule has 0 unspecified atom stereocenters. The van der Waals surface area contributed by atoms with Crippen LogP contribution in [0.25, 0.3) is 10.8 Å². The van der Waals surface area contributed by atoms with Gasteiger partial charge >= 0.3 is 0 Å². The van der Waals surface area contributed by atoms with Crippen LogP contribution in [0.15, 0.2) is 146 Å². The predicted octanol–water partition coefficient (Wildman–Crippen LogP) is 10.9. The molecule has 0 fully saturated rings. The number of carbonyl (C=O) groups excluding carboxylic acids is 1. The largest absolute Gasteiger partial charge is 0.505 e. The van der Waals surface area contributed by atoms with Gasteiger partial charge in [0, 0.05) is 28.4 Å². The fraction of sp³-hybridized carbons (Fsp3) is 0.125. The van der Waals surface area contributed by atoms with Gasteiger partial charge in [0.15, 0.2) is 5.75 Å². The first-order valence-corrected chi connectivity index (χ1v) is 18.6. The Hall–Kier alpha value is -6.84. The van der Waals surface area contributed by atoms with Crippen LogP contribution in [0, 0.1) is 13.8 Å². The van der Waals surface area contributed by atoms with Gasteiger partial charge in [-0.15, -0.1) is 10.2 Å². The third-order valence-electron chi connectivity index (χ3n) is 8.23. The number of nitrogen functional groups attached to an aromatic ring is 1. The zero-order valence-electron chi connectivity index (χ0n) is 29.8. The minimum Gasteiger partial charge on any atom is -0.505 e. The van der Waals surface area contributed by atoms with E-state index in [2.05, 4.69) is 36.0 Å². The van der Waals surface area contributed by atoms with Crippen LogP contribution in [0.5, 0.6) is 11.5 Å². The SMILES string of the molecule is Cc1cc(N=Nc2ccc3cc(NC(=O)c4ccc(N)cc4)ccc3c2O)c(C)cc1N=Nc1ccc(N=Nc2ccccc2)cc1OCCCS(=O)(=O)O. The van der Waals surface area contributed by atoms with Crippen LogP contribution in [0.4, 0.5) is 45.5 Å². The maximum atomic E-state index is 12.7. The van der Waals surface area contributed by atoms with E-state index in [-0.39, 0.29) is 30.4 Å². The van der Waals surface area contributed by atoms with Crippen molar-refractivity contribution in [1.29, 1.82) is 0 Å². The summed E-state index contributed by atoms with van der Waals surface area (Å²) in [5.41, 5.74) is 11.7. The Labute approximate surface area is 316 Å². The molecule has 6 aromatic carbocycles. The van der Waals surface area contributed by atoms with Gasteiger partial charge < -0.3 is 20.9 Å². The lowest BCUT2D eigenvalue weighted by Gasteiger charge is -2.09. The monoisotopic (exact) mass is 756 g/mol. The van der Waals surface area contributed by atoms with Gasteiger partial charge in [0.2, 0.25) is 0 Å². The summed E-state index contributed by atoms with van der Waals surface area (Å²) in [5, 5.41) is 41.2. The number of ether oxygens (including phenoxy) is 1. The summed E-state index contributed by atoms with van der Waals surface area (Å²) < 4.78 is 37.3. The number of azo groups is 3. The van der Waals surface area contributed by atoms with E-state index in [0.717, 1.165) is 11.1 Å². The minimum atomic E-state index is -4.14. The lowest BCUT2D eigenvalue weighted by molar-refractivity contribution is 0.102. The fourth-order valence-electron chi connectivity index (χ4n) is 5.31. The molecule has 6 aromatic rings. The summed E-state index contributed by atoms with van der Waals surface area (Å²) in [7, 11) is -4.14. The summed E-state index contributed by atoms with van der Waals surface area (Å²) in [4.78, 5) is 12.7. The quantitative estimate of drug-likeness (QED) is 0.0387. The molecule has 55 heavy (non-hydrogen) atoms. The van der Waals surface area contributed by atoms with Crippen LogP contribution >= 0.6 is 0 Å². The van der Waals surface area contributed by atoms with E-state index in [1.807, 2.05) is 50.2 Å². The highest BCUT2D eigenvalue weighted by molar-refractivity contribution is 7.85. The Balaban J connectivity index is 1.18. The van der Waals surface area contributed by atoms with Crippen LogP contribution in [-0.2, 0) is 10.1 Å². The van der Waals surface area contributed by atoms with E-state index in [4.69, 9.17) is 15.0 Å². The second-order valence-corrected chi connectivity index (χ2v) is 14.0. The highest BCUT2D eigenvalue weighted by Crippen LogP contribution is 2.39. The molecule has 0 spiro atoms. The molecule has 0 bridgehead atoms. The van der Waals surface area contributed by atoms with E-state index in [9.17, 15) is 18.3 Å². The highest BCUT2D eigenvalue weighted by atomic mass is 32.2. The molecule has 15 heteroatoms. The number of carbonyl (C=O) groups is 1. The normalized spacial score (nSPS) is 11.9. The van der Waals surface area contributed by atoms with Crippen molar-refractivity contribution in [3.05, 3.63) is 132 Å². The molecule has 0 aliphatic heterocycles. The average Bonchev–Trinajstić information content (AvgIpc) is 3.16. The van der Waals surface area contributed by atoms with Crippen molar-refractivity contribution in [3.63, 3.8) is 0 Å². The van der Waals surface area contributed by atoms with Crippen molar-refractivity contribution in [3.8, 4) is 11.5 Å². The molecule has 0 saturated heterocycles. The third kappa shape index (κ3) is 10.2. The summed E-state index contributed by atoms with van der Waals surface area (Å²) >= 11 is 0. The van der Waals surface area contributed by atoms with Gasteiger partial charge in [0.25, 0.3) is 16.0 Å². The maximum Gasteiger partial charge on any atom is 0.264 e. The second kappa shape index (κ2) is 16.9. The first-order valence-electron chi connectivity index (χ1n) is 17.0. The molecular formula is C40H36N8O6S. The Kier molecular flexibility index (Phi) is 11.6. The van der Waals surface area contributed by atoms with Gasteiger partial charge in [0.05, 0.1) is 35.1 Å². The van der Waals surface area contributed by atoms with Crippen molar-refractivity contribution in [1.82, 2.24) is 0 Å². The molecule has 0 aliphatic carbocycles. The van der Waals surface area contributed by atoms with Crippen molar-refractivity contribution in [2.45, 2.75) is 20.3 Å². The molecule has 0 atom stereocenters. The number of nitrogens with two attached hydrogens (primary N) is 1. The second-order valence-electron chi connectivity index (χ2n) is 12.4. The molecular weight excluding hydrogens is 721 g/mol. The van der Waals surface area contributed by atoms with E-state index in [1.54, 1.807) is 78.9 Å². The molecule has 278 valence electrons. The number of phenols is 1. The molecule has 0 aromatic heterocycles. The zero-order chi connectivity index (χ0) is 39.0. The Morgan fingerprint density at radius 1 is 0.709 bits per heavy atom. The first kappa shape index (κ1) is 37.9. The number of hydrogen-bond donors (Lipinski definition) is 4. The standard InChI is InChI=1S/C40H36N8O6S/c1-25-22-37(48-46-35-17-11-28-23-31(14-16-33(28)39(35)49)42-40(50)27-9-12-29(41)13-10-27)26(2)21-36(25)47-45-34-18-15-32(44-43-30-7-4-3-5-8-30)24-38(34)54-19-6-20-55(51,52)53/h3-5,7-18,21-24,49H,6,19-20,41H2,1-2H3,(H,42,50)(H,51,52,53). The fourth-order valence-corrected chi connectivity index (χ4v) is 5.79. The number of anilines is 2. The zero-order valence-corrected chi connectivity index (χ0v) is 30.6. The van der Waals surface area contributed by atoms with E-state index in [0.29, 0.717) is 61.9 Å². The number of benzene rings is 6. The minimum absolute atomic E-state index is 0.00322. The summed E-state index contributed by atoms with van der Waals surface area (Å²) in [5.74, 6) is -0.484. The predicted molar refractivity (Wildman–Crippen MR) is 212 cm³/mol. The number of rotatable bonds is 13. The molecule has 1 amide bonds. The van der Waals surface area contributed by atoms with Crippen molar-refractivity contribution < 1.29 is 27.6 Å². The smallest absolute Gasteiger partial charge is 0.264 e. The van der Waals surface area contributed by atoms with Gasteiger partial charge in [-0.2, -0.15) is 28.9 Å². The van der Waals surface area contributed by atoms with Crippen molar-refractivity contribution in [2.75, 3.05) is 23.4 Å². The topological polar surface area (TPSA) is 213 Å². The third-order valence-corrected chi connectivity index (χ3v) is 9.04. The summed E-state index contributed by atoms with van der Waals surface area (Å²) in [6, 6.07) is 33.0. The van der Waals surface area contributed by atoms with Crippen LogP contribution in [-0.4, -0.2) is 36.3 Å². The van der Waals surface area contributed by atoms with E-state index in [1.165, 1.54) is 0 Å². The number of amides is 1. The Bertz CT molecular complexity index is 2560. The van der Waals surface area contributed by atoms with Crippen molar-refractivity contribution >= 4 is 72.3 Å². The number of nitrogens with zero attached hydrogens (tertiary/aromatic N) is 6. The van der Waals surface area contributed by atoms with Gasteiger partial charge in [-0.1, -0.05) is 24.3 Å². The first-order chi connectivity index (χ1) is 26.4. The molecule has 0 heterocycles. The van der Waals surface area contributed by atoms with Gasteiger partial charge in [-0.25, -0.2) is 0 Å². The lowest BCUT2D eigenvalue weighted by atomic mass is 10.1. The highest BCUT2D eigenvalue weighted by Gasteiger charge is 2.12. The van der Waals surface area contributed by atoms with Crippen LogP contribution < -0.4 is 15.8 Å². The van der Waals surface area contributed by atoms with E-state index >= 15 is 0 Å². The van der Waals surface area contributed by atoms with Crippen LogP contribution in [0.3, 0.4) is 0 Å². The van der Waals surface area contributed by atoms with Crippen LogP contribution in [0.2, 0.25) is 0 Å². The van der Waals surface area contributed by atoms with Crippen molar-refractivity contribution in [2.24, 2.45) is 30.7 Å². The van der Waals surface area contributed by atoms with Crippen LogP contribution in [0.1, 0.15) is 27.9 Å². The molecule has 0 saturated carbocycles. The van der Waals surface area contributed by atoms with Gasteiger partial charge in [-0.05, 0) is 122 Å². The number of aryl methyl sites for hydroxylation is 2. The van der Waals surface area contributed by atoms with Gasteiger partial charge in [0.1, 0.15) is 17.1 Å². The molecule has 14 nitrogen and oxygen atoms in total. The molecule has 5 N–H and O–H groups in total. The van der Waals surface area contributed by atoms with E-state index < -0.39 is 15.9 Å². The van der Waals surface area contributed by atoms with Gasteiger partial charge in [-0.3, -0.25) is 9.35 Å². The summed E-state index contributed by atoms with van der Waals surface area (Å²) in [6.07, 6.45) is 0.0586. The lowest BCUT2D eigenvalue weighted by Crippen LogP contribution is -2.11. The maximum absolute atomic E-state index is 12.7. The molecule has 6 rings (SSSR count). The number of nitrogens with one attached hydrogen (secondary N) is 1.